The minimum atomic E-state index is -1.75. The lowest BCUT2D eigenvalue weighted by molar-refractivity contribution is -0.118. The predicted octanol–water partition coefficient (Wildman–Crippen LogP) is 7.24. The molecule has 1 fully saturated rings. The first kappa shape index (κ1) is 30.4. The van der Waals surface area contributed by atoms with Gasteiger partial charge in [0.2, 0.25) is 5.91 Å². The Labute approximate surface area is 247 Å². The van der Waals surface area contributed by atoms with Crippen LogP contribution in [-0.4, -0.2) is 29.1 Å². The molecule has 214 valence electrons. The SMILES string of the molecule is Cc1cc(C(=O)O)ccc1NC(=O)[C@@H]1N[C@@H](CC(C)(C)C)[C@](C#N)(c2ccc(Cl)cc2F)[C@H]1c1cccc(Cl)c1F. The van der Waals surface area contributed by atoms with Crippen LogP contribution in [0, 0.1) is 35.3 Å². The molecule has 1 aliphatic rings. The number of hydrogen-bond donors (Lipinski definition) is 3. The average molecular weight is 600 g/mol. The van der Waals surface area contributed by atoms with E-state index in [-0.39, 0.29) is 32.2 Å². The van der Waals surface area contributed by atoms with E-state index in [9.17, 15) is 20.0 Å². The lowest BCUT2D eigenvalue weighted by Crippen LogP contribution is -2.45. The Hall–Kier alpha value is -3.51. The topological polar surface area (TPSA) is 102 Å². The van der Waals surface area contributed by atoms with Crippen molar-refractivity contribution < 1.29 is 23.5 Å². The molecule has 0 bridgehead atoms. The van der Waals surface area contributed by atoms with Crippen molar-refractivity contribution in [1.82, 2.24) is 5.32 Å². The van der Waals surface area contributed by atoms with Crippen LogP contribution >= 0.6 is 23.2 Å². The number of amides is 1. The average Bonchev–Trinajstić information content (AvgIpc) is 3.19. The monoisotopic (exact) mass is 599 g/mol. The molecule has 1 heterocycles. The molecular formula is C31H29Cl2F2N3O3. The molecule has 1 amide bonds. The number of rotatable bonds is 6. The molecule has 0 radical (unpaired) electrons. The Balaban J connectivity index is 1.94. The first-order valence-electron chi connectivity index (χ1n) is 12.9. The highest BCUT2D eigenvalue weighted by molar-refractivity contribution is 6.31. The van der Waals surface area contributed by atoms with E-state index in [1.54, 1.807) is 6.92 Å². The summed E-state index contributed by atoms with van der Waals surface area (Å²) in [6.45, 7) is 7.49. The molecule has 0 spiro atoms. The number of carbonyl (C=O) groups is 2. The van der Waals surface area contributed by atoms with Crippen molar-refractivity contribution in [3.63, 3.8) is 0 Å². The van der Waals surface area contributed by atoms with E-state index in [4.69, 9.17) is 23.2 Å². The maximum Gasteiger partial charge on any atom is 0.335 e. The summed E-state index contributed by atoms with van der Waals surface area (Å²) in [5.41, 5.74) is -1.30. The van der Waals surface area contributed by atoms with Crippen LogP contribution < -0.4 is 10.6 Å². The molecule has 4 atom stereocenters. The number of nitrogens with one attached hydrogen (secondary N) is 2. The van der Waals surface area contributed by atoms with Crippen molar-refractivity contribution in [3.05, 3.63) is 98.5 Å². The van der Waals surface area contributed by atoms with Crippen molar-refractivity contribution in [3.8, 4) is 6.07 Å². The molecule has 0 aliphatic carbocycles. The number of nitrogens with zero attached hydrogens (tertiary/aromatic N) is 1. The number of hydrogen-bond acceptors (Lipinski definition) is 4. The molecule has 6 nitrogen and oxygen atoms in total. The lowest BCUT2D eigenvalue weighted by Gasteiger charge is -2.37. The van der Waals surface area contributed by atoms with Crippen molar-refractivity contribution >= 4 is 40.8 Å². The summed E-state index contributed by atoms with van der Waals surface area (Å²) in [6, 6.07) is 12.8. The fourth-order valence-electron chi connectivity index (χ4n) is 5.70. The van der Waals surface area contributed by atoms with Crippen molar-refractivity contribution in [1.29, 1.82) is 5.26 Å². The summed E-state index contributed by atoms with van der Waals surface area (Å²) in [7, 11) is 0. The number of carboxylic acids is 1. The van der Waals surface area contributed by atoms with Gasteiger partial charge in [-0.3, -0.25) is 4.79 Å². The molecule has 3 N–H and O–H groups in total. The number of aromatic carboxylic acids is 1. The normalized spacial score (nSPS) is 22.3. The predicted molar refractivity (Wildman–Crippen MR) is 154 cm³/mol. The second-order valence-electron chi connectivity index (χ2n) is 11.5. The first-order valence-corrected chi connectivity index (χ1v) is 13.7. The molecule has 3 aromatic rings. The van der Waals surface area contributed by atoms with Gasteiger partial charge in [0.15, 0.2) is 0 Å². The highest BCUT2D eigenvalue weighted by atomic mass is 35.5. The van der Waals surface area contributed by atoms with Crippen LogP contribution in [0.5, 0.6) is 0 Å². The Bertz CT molecular complexity index is 1570. The zero-order valence-corrected chi connectivity index (χ0v) is 24.4. The van der Waals surface area contributed by atoms with Crippen LogP contribution in [-0.2, 0) is 10.2 Å². The van der Waals surface area contributed by atoms with Gasteiger partial charge in [-0.1, -0.05) is 62.2 Å². The molecule has 1 saturated heterocycles. The highest BCUT2D eigenvalue weighted by Gasteiger charge is 2.61. The quantitative estimate of drug-likeness (QED) is 0.277. The summed E-state index contributed by atoms with van der Waals surface area (Å²) in [5, 5.41) is 26.2. The number of halogens is 4. The van der Waals surface area contributed by atoms with E-state index in [1.165, 1.54) is 48.5 Å². The first-order chi connectivity index (χ1) is 19.2. The third kappa shape index (κ3) is 5.80. The van der Waals surface area contributed by atoms with Gasteiger partial charge in [-0.05, 0) is 66.3 Å². The number of benzene rings is 3. The molecule has 10 heteroatoms. The molecule has 1 aliphatic heterocycles. The molecule has 3 aromatic carbocycles. The Morgan fingerprint density at radius 3 is 2.41 bits per heavy atom. The largest absolute Gasteiger partial charge is 0.478 e. The van der Waals surface area contributed by atoms with Crippen LogP contribution in [0.3, 0.4) is 0 Å². The molecular weight excluding hydrogens is 571 g/mol. The molecule has 4 rings (SSSR count). The van der Waals surface area contributed by atoms with Gasteiger partial charge in [-0.25, -0.2) is 13.6 Å². The van der Waals surface area contributed by atoms with Crippen molar-refractivity contribution in [2.75, 3.05) is 5.32 Å². The summed E-state index contributed by atoms with van der Waals surface area (Å²) < 4.78 is 31.5. The van der Waals surface area contributed by atoms with E-state index >= 15 is 8.78 Å². The van der Waals surface area contributed by atoms with Crippen LogP contribution in [0.25, 0.3) is 0 Å². The van der Waals surface area contributed by atoms with Crippen LogP contribution in [0.15, 0.2) is 54.6 Å². The van der Waals surface area contributed by atoms with Crippen LogP contribution in [0.4, 0.5) is 14.5 Å². The fourth-order valence-corrected chi connectivity index (χ4v) is 6.04. The number of aryl methyl sites for hydroxylation is 1. The smallest absolute Gasteiger partial charge is 0.335 e. The second-order valence-corrected chi connectivity index (χ2v) is 12.4. The number of carbonyl (C=O) groups excluding carboxylic acids is 1. The minimum Gasteiger partial charge on any atom is -0.478 e. The lowest BCUT2D eigenvalue weighted by atomic mass is 9.62. The van der Waals surface area contributed by atoms with Gasteiger partial charge in [0.25, 0.3) is 0 Å². The van der Waals surface area contributed by atoms with Crippen LogP contribution in [0.1, 0.15) is 60.2 Å². The van der Waals surface area contributed by atoms with Gasteiger partial charge < -0.3 is 15.7 Å². The molecule has 41 heavy (non-hydrogen) atoms. The third-order valence-electron chi connectivity index (χ3n) is 7.46. The van der Waals surface area contributed by atoms with Crippen molar-refractivity contribution in [2.45, 2.75) is 57.5 Å². The van der Waals surface area contributed by atoms with E-state index in [1.807, 2.05) is 20.8 Å². The van der Waals surface area contributed by atoms with Crippen molar-refractivity contribution in [2.24, 2.45) is 5.41 Å². The number of anilines is 1. The molecule has 0 unspecified atom stereocenters. The van der Waals surface area contributed by atoms with Gasteiger partial charge in [0, 0.05) is 28.2 Å². The number of carboxylic acid groups (broad SMARTS) is 1. The number of nitriles is 1. The summed E-state index contributed by atoms with van der Waals surface area (Å²) in [5.74, 6) is -4.51. The maximum absolute atomic E-state index is 15.8. The van der Waals surface area contributed by atoms with Crippen LogP contribution in [0.2, 0.25) is 10.0 Å². The molecule has 0 aromatic heterocycles. The maximum atomic E-state index is 15.8. The van der Waals surface area contributed by atoms with Gasteiger partial charge >= 0.3 is 5.97 Å². The standard InChI is InChI=1S/C31H29Cl2F2N3O3/c1-16-12-17(29(40)41)8-11-23(16)37-28(39)27-25(19-6-5-7-21(33)26(19)35)31(15-36,24(38-27)14-30(2,3)4)20-10-9-18(32)13-22(20)34/h5-13,24-25,27,38H,14H2,1-4H3,(H,37,39)(H,40,41)/t24-,25-,27+,31-/m0/s1. The highest BCUT2D eigenvalue weighted by Crippen LogP contribution is 2.53. The zero-order chi connectivity index (χ0) is 30.3. The van der Waals surface area contributed by atoms with E-state index in [0.29, 0.717) is 17.7 Å². The van der Waals surface area contributed by atoms with E-state index < -0.39 is 46.9 Å². The zero-order valence-electron chi connectivity index (χ0n) is 22.9. The summed E-state index contributed by atoms with van der Waals surface area (Å²) in [4.78, 5) is 25.4. The summed E-state index contributed by atoms with van der Waals surface area (Å²) in [6.07, 6.45) is 0.331. The fraction of sp³-hybridized carbons (Fsp3) is 0.323. The van der Waals surface area contributed by atoms with Gasteiger partial charge in [-0.15, -0.1) is 0 Å². The third-order valence-corrected chi connectivity index (χ3v) is 7.99. The second kappa shape index (κ2) is 11.4. The van der Waals surface area contributed by atoms with E-state index in [0.717, 1.165) is 6.07 Å². The Morgan fingerprint density at radius 1 is 1.12 bits per heavy atom. The van der Waals surface area contributed by atoms with Gasteiger partial charge in [0.05, 0.1) is 22.7 Å². The van der Waals surface area contributed by atoms with Gasteiger partial charge in [0.1, 0.15) is 17.0 Å². The Kier molecular flexibility index (Phi) is 8.47. The van der Waals surface area contributed by atoms with E-state index in [2.05, 4.69) is 16.7 Å². The van der Waals surface area contributed by atoms with Gasteiger partial charge in [-0.2, -0.15) is 5.26 Å². The minimum absolute atomic E-state index is 0.0181. The molecule has 0 saturated carbocycles. The Morgan fingerprint density at radius 2 is 1.83 bits per heavy atom. The summed E-state index contributed by atoms with van der Waals surface area (Å²) >= 11 is 12.2.